The highest BCUT2D eigenvalue weighted by Gasteiger charge is 2.36. The van der Waals surface area contributed by atoms with Gasteiger partial charge in [0.1, 0.15) is 12.6 Å². The molecule has 0 aliphatic carbocycles. The van der Waals surface area contributed by atoms with E-state index in [1.54, 1.807) is 43.3 Å². The second-order valence-corrected chi connectivity index (χ2v) is 15.5. The fourth-order valence-electron chi connectivity index (χ4n) is 5.18. The average Bonchev–Trinajstić information content (AvgIpc) is 3.00. The summed E-state index contributed by atoms with van der Waals surface area (Å²) in [6, 6.07) is 25.4. The van der Waals surface area contributed by atoms with Crippen LogP contribution in [0.2, 0.25) is 10.0 Å². The van der Waals surface area contributed by atoms with Crippen molar-refractivity contribution in [2.45, 2.75) is 71.0 Å². The van der Waals surface area contributed by atoms with Crippen LogP contribution >= 0.6 is 23.2 Å². The second kappa shape index (κ2) is 14.9. The minimum atomic E-state index is -4.21. The molecule has 0 radical (unpaired) electrons. The van der Waals surface area contributed by atoms with E-state index in [0.29, 0.717) is 26.9 Å². The van der Waals surface area contributed by atoms with E-state index >= 15 is 0 Å². The number of rotatable bonds is 11. The molecule has 4 aromatic carbocycles. The van der Waals surface area contributed by atoms with Crippen LogP contribution < -0.4 is 9.62 Å². The highest BCUT2D eigenvalue weighted by Crippen LogP contribution is 2.30. The zero-order chi connectivity index (χ0) is 34.5. The summed E-state index contributed by atoms with van der Waals surface area (Å²) >= 11 is 12.6. The molecule has 0 saturated carbocycles. The van der Waals surface area contributed by atoms with Crippen molar-refractivity contribution >= 4 is 50.7 Å². The maximum absolute atomic E-state index is 14.7. The molecule has 0 aromatic heterocycles. The lowest BCUT2D eigenvalue weighted by atomic mass is 10.0. The van der Waals surface area contributed by atoms with Crippen molar-refractivity contribution in [3.63, 3.8) is 0 Å². The summed E-state index contributed by atoms with van der Waals surface area (Å²) in [6.45, 7) is 10.6. The van der Waals surface area contributed by atoms with Gasteiger partial charge in [0.25, 0.3) is 10.0 Å². The van der Waals surface area contributed by atoms with Gasteiger partial charge in [0.15, 0.2) is 0 Å². The first-order valence-corrected chi connectivity index (χ1v) is 17.5. The van der Waals surface area contributed by atoms with E-state index in [-0.39, 0.29) is 23.8 Å². The number of nitrogens with zero attached hydrogens (tertiary/aromatic N) is 2. The maximum Gasteiger partial charge on any atom is 0.264 e. The largest absolute Gasteiger partial charge is 0.350 e. The Morgan fingerprint density at radius 3 is 2.04 bits per heavy atom. The van der Waals surface area contributed by atoms with Crippen molar-refractivity contribution in [3.8, 4) is 0 Å². The molecule has 47 heavy (non-hydrogen) atoms. The zero-order valence-corrected chi connectivity index (χ0v) is 29.9. The third-order valence-electron chi connectivity index (χ3n) is 7.63. The Hall–Kier alpha value is -3.85. The molecule has 4 rings (SSSR count). The number of hydrogen-bond donors (Lipinski definition) is 1. The molecule has 0 aliphatic rings. The summed E-state index contributed by atoms with van der Waals surface area (Å²) in [5.74, 6) is -0.924. The second-order valence-electron chi connectivity index (χ2n) is 12.8. The topological polar surface area (TPSA) is 86.8 Å². The van der Waals surface area contributed by atoms with Crippen LogP contribution in [0.1, 0.15) is 48.6 Å². The van der Waals surface area contributed by atoms with Crippen molar-refractivity contribution in [2.75, 3.05) is 10.8 Å². The first kappa shape index (κ1) is 36.0. The molecule has 4 aromatic rings. The average molecular weight is 695 g/mol. The summed E-state index contributed by atoms with van der Waals surface area (Å²) in [7, 11) is -4.21. The SMILES string of the molecule is Cc1ccc(S(=O)(=O)N(CC(=O)N(Cc2ccc(Cl)c(Cl)c2)[C@H](Cc2ccccc2)C(=O)NC(C)(C)C)c2cc(C)ccc2C)cc1. The Balaban J connectivity index is 1.86. The number of anilines is 1. The van der Waals surface area contributed by atoms with Crippen molar-refractivity contribution in [2.24, 2.45) is 0 Å². The fraction of sp³-hybridized carbons (Fsp3) is 0.297. The third kappa shape index (κ3) is 9.37. The van der Waals surface area contributed by atoms with Crippen LogP contribution in [0.4, 0.5) is 5.69 Å². The van der Waals surface area contributed by atoms with E-state index < -0.39 is 34.1 Å². The van der Waals surface area contributed by atoms with Gasteiger partial charge in [-0.05, 0) is 94.1 Å². The Morgan fingerprint density at radius 1 is 0.787 bits per heavy atom. The van der Waals surface area contributed by atoms with Crippen molar-refractivity contribution < 1.29 is 18.0 Å². The van der Waals surface area contributed by atoms with Crippen LogP contribution in [0, 0.1) is 20.8 Å². The molecule has 2 amide bonds. The van der Waals surface area contributed by atoms with Gasteiger partial charge in [-0.3, -0.25) is 13.9 Å². The summed E-state index contributed by atoms with van der Waals surface area (Å²) in [5, 5.41) is 3.68. The van der Waals surface area contributed by atoms with Crippen molar-refractivity contribution in [3.05, 3.63) is 129 Å². The number of hydrogen-bond acceptors (Lipinski definition) is 4. The summed E-state index contributed by atoms with van der Waals surface area (Å²) in [5.41, 5.74) is 3.68. The lowest BCUT2D eigenvalue weighted by molar-refractivity contribution is -0.140. The van der Waals surface area contributed by atoms with E-state index in [1.807, 2.05) is 77.1 Å². The number of carbonyl (C=O) groups excluding carboxylic acids is 2. The minimum absolute atomic E-state index is 0.0179. The molecule has 10 heteroatoms. The molecule has 1 atom stereocenters. The molecular formula is C37H41Cl2N3O4S. The number of aryl methyl sites for hydroxylation is 3. The van der Waals surface area contributed by atoms with Crippen LogP contribution in [0.3, 0.4) is 0 Å². The lowest BCUT2D eigenvalue weighted by Gasteiger charge is -2.35. The summed E-state index contributed by atoms with van der Waals surface area (Å²) in [4.78, 5) is 30.2. The third-order valence-corrected chi connectivity index (χ3v) is 10.1. The van der Waals surface area contributed by atoms with Gasteiger partial charge in [0.05, 0.1) is 20.6 Å². The number of halogens is 2. The monoisotopic (exact) mass is 693 g/mol. The van der Waals surface area contributed by atoms with Crippen LogP contribution in [0.5, 0.6) is 0 Å². The number of benzene rings is 4. The first-order valence-electron chi connectivity index (χ1n) is 15.3. The molecule has 248 valence electrons. The molecular weight excluding hydrogens is 653 g/mol. The Kier molecular flexibility index (Phi) is 11.4. The van der Waals surface area contributed by atoms with E-state index in [0.717, 1.165) is 21.0 Å². The standard InChI is InChI=1S/C37H41Cl2N3O4S/c1-25-13-17-30(18-14-25)47(45,46)42(33-20-26(2)12-15-27(33)3)24-35(43)41(23-29-16-19-31(38)32(39)21-29)34(36(44)40-37(4,5)6)22-28-10-8-7-9-11-28/h7-21,34H,22-24H2,1-6H3,(H,40,44)/t34-/m1/s1. The van der Waals surface area contributed by atoms with E-state index in [1.165, 1.54) is 17.0 Å². The summed E-state index contributed by atoms with van der Waals surface area (Å²) < 4.78 is 29.8. The molecule has 7 nitrogen and oxygen atoms in total. The molecule has 0 heterocycles. The number of nitrogens with one attached hydrogen (secondary N) is 1. The number of carbonyl (C=O) groups is 2. The molecule has 1 N–H and O–H groups in total. The molecule has 0 aliphatic heterocycles. The summed E-state index contributed by atoms with van der Waals surface area (Å²) in [6.07, 6.45) is 0.198. The van der Waals surface area contributed by atoms with Gasteiger partial charge in [0, 0.05) is 18.5 Å². The van der Waals surface area contributed by atoms with Gasteiger partial charge >= 0.3 is 0 Å². The van der Waals surface area contributed by atoms with Crippen LogP contribution in [-0.2, 0) is 32.6 Å². The molecule has 0 bridgehead atoms. The lowest BCUT2D eigenvalue weighted by Crippen LogP contribution is -2.56. The maximum atomic E-state index is 14.7. The van der Waals surface area contributed by atoms with E-state index in [2.05, 4.69) is 5.32 Å². The van der Waals surface area contributed by atoms with Gasteiger partial charge in [-0.1, -0.05) is 89.4 Å². The van der Waals surface area contributed by atoms with Gasteiger partial charge in [-0.25, -0.2) is 8.42 Å². The van der Waals surface area contributed by atoms with Gasteiger partial charge < -0.3 is 10.2 Å². The predicted molar refractivity (Wildman–Crippen MR) is 190 cm³/mol. The highest BCUT2D eigenvalue weighted by molar-refractivity contribution is 7.92. The molecule has 0 unspecified atom stereocenters. The van der Waals surface area contributed by atoms with Crippen LogP contribution in [-0.4, -0.2) is 43.3 Å². The highest BCUT2D eigenvalue weighted by atomic mass is 35.5. The van der Waals surface area contributed by atoms with Crippen molar-refractivity contribution in [1.82, 2.24) is 10.2 Å². The normalized spacial score (nSPS) is 12.3. The fourth-order valence-corrected chi connectivity index (χ4v) is 6.97. The van der Waals surface area contributed by atoms with Gasteiger partial charge in [0.2, 0.25) is 11.8 Å². The van der Waals surface area contributed by atoms with Crippen LogP contribution in [0.15, 0.2) is 95.9 Å². The van der Waals surface area contributed by atoms with Gasteiger partial charge in [-0.2, -0.15) is 0 Å². The Labute approximate surface area is 288 Å². The van der Waals surface area contributed by atoms with Crippen molar-refractivity contribution in [1.29, 1.82) is 0 Å². The van der Waals surface area contributed by atoms with E-state index in [9.17, 15) is 18.0 Å². The number of amides is 2. The number of sulfonamides is 1. The Bertz CT molecular complexity index is 1840. The molecule has 0 spiro atoms. The van der Waals surface area contributed by atoms with Crippen LogP contribution in [0.25, 0.3) is 0 Å². The van der Waals surface area contributed by atoms with Gasteiger partial charge in [-0.15, -0.1) is 0 Å². The quantitative estimate of drug-likeness (QED) is 0.175. The first-order chi connectivity index (χ1) is 22.0. The smallest absolute Gasteiger partial charge is 0.264 e. The Morgan fingerprint density at radius 2 is 1.43 bits per heavy atom. The predicted octanol–water partition coefficient (Wildman–Crippen LogP) is 7.67. The zero-order valence-electron chi connectivity index (χ0n) is 27.6. The van der Waals surface area contributed by atoms with E-state index in [4.69, 9.17) is 23.2 Å². The molecule has 0 saturated heterocycles. The minimum Gasteiger partial charge on any atom is -0.350 e. The molecule has 0 fully saturated rings.